The first-order chi connectivity index (χ1) is 19.1. The highest BCUT2D eigenvalue weighted by atomic mass is 32.2. The van der Waals surface area contributed by atoms with Crippen molar-refractivity contribution in [3.8, 4) is 23.0 Å². The Balaban J connectivity index is 1.28. The number of carbonyl (C=O) groups excluding carboxylic acids is 1. The summed E-state index contributed by atoms with van der Waals surface area (Å²) in [4.78, 5) is 17.0. The average Bonchev–Trinajstić information content (AvgIpc) is 3.39. The Hall–Kier alpha value is -4.57. The Bertz CT molecular complexity index is 1470. The van der Waals surface area contributed by atoms with E-state index in [-0.39, 0.29) is 11.4 Å². The summed E-state index contributed by atoms with van der Waals surface area (Å²) in [6.45, 7) is 2.96. The molecule has 10 heteroatoms. The van der Waals surface area contributed by atoms with E-state index < -0.39 is 5.91 Å². The van der Waals surface area contributed by atoms with Gasteiger partial charge in [0, 0.05) is 5.56 Å². The molecule has 0 radical (unpaired) electrons. The highest BCUT2D eigenvalue weighted by molar-refractivity contribution is 8.27. The van der Waals surface area contributed by atoms with E-state index in [1.54, 1.807) is 31.4 Å². The van der Waals surface area contributed by atoms with E-state index in [2.05, 4.69) is 10.1 Å². The lowest BCUT2D eigenvalue weighted by molar-refractivity contribution is -0.114. The Morgan fingerprint density at radius 2 is 1.67 bits per heavy atom. The van der Waals surface area contributed by atoms with E-state index in [0.29, 0.717) is 52.8 Å². The molecule has 0 saturated heterocycles. The third-order valence-corrected chi connectivity index (χ3v) is 6.68. The molecule has 39 heavy (non-hydrogen) atoms. The molecular formula is C29H26N4O5S. The molecule has 2 aliphatic rings. The molecule has 0 fully saturated rings. The summed E-state index contributed by atoms with van der Waals surface area (Å²) in [5.41, 5.74) is 1.71. The lowest BCUT2D eigenvalue weighted by Gasteiger charge is -2.20. The molecule has 0 atom stereocenters. The van der Waals surface area contributed by atoms with E-state index in [1.807, 2.05) is 61.5 Å². The number of thioether (sulfide) groups is 1. The Morgan fingerprint density at radius 1 is 0.923 bits per heavy atom. The summed E-state index contributed by atoms with van der Waals surface area (Å²) in [7, 11) is 1.62. The average molecular weight is 543 g/mol. The van der Waals surface area contributed by atoms with Crippen molar-refractivity contribution in [1.29, 1.82) is 5.41 Å². The number of nitrogens with zero attached hydrogens (tertiary/aromatic N) is 3. The molecule has 2 heterocycles. The van der Waals surface area contributed by atoms with Gasteiger partial charge in [0.05, 0.1) is 19.3 Å². The van der Waals surface area contributed by atoms with Crippen LogP contribution in [0.15, 0.2) is 88.5 Å². The number of hydrogen-bond acceptors (Lipinski definition) is 8. The minimum absolute atomic E-state index is 0.0302. The van der Waals surface area contributed by atoms with Crippen LogP contribution < -0.4 is 18.9 Å². The lowest BCUT2D eigenvalue weighted by atomic mass is 10.1. The summed E-state index contributed by atoms with van der Waals surface area (Å²) in [6.07, 6.45) is 1.62. The molecule has 0 saturated carbocycles. The number of carbonyl (C=O) groups is 1. The van der Waals surface area contributed by atoms with Gasteiger partial charge in [-0.2, -0.15) is 15.1 Å². The lowest BCUT2D eigenvalue weighted by Crippen LogP contribution is -2.35. The quantitative estimate of drug-likeness (QED) is 0.277. The normalized spacial score (nSPS) is 15.5. The van der Waals surface area contributed by atoms with E-state index >= 15 is 0 Å². The number of hydrogen-bond donors (Lipinski definition) is 1. The van der Waals surface area contributed by atoms with Crippen LogP contribution in [0.25, 0.3) is 6.08 Å². The van der Waals surface area contributed by atoms with Gasteiger partial charge in [0.25, 0.3) is 5.91 Å². The first-order valence-corrected chi connectivity index (χ1v) is 13.1. The van der Waals surface area contributed by atoms with Crippen molar-refractivity contribution < 1.29 is 23.7 Å². The van der Waals surface area contributed by atoms with Gasteiger partial charge in [0.15, 0.2) is 17.3 Å². The van der Waals surface area contributed by atoms with Crippen LogP contribution >= 0.6 is 11.8 Å². The van der Waals surface area contributed by atoms with Crippen molar-refractivity contribution in [2.75, 3.05) is 26.9 Å². The van der Waals surface area contributed by atoms with Gasteiger partial charge in [-0.1, -0.05) is 36.4 Å². The largest absolute Gasteiger partial charge is 0.497 e. The molecule has 0 spiro atoms. The molecule has 3 aromatic rings. The molecule has 198 valence electrons. The zero-order valence-electron chi connectivity index (χ0n) is 21.4. The number of methoxy groups -OCH3 is 1. The van der Waals surface area contributed by atoms with Crippen LogP contribution in [0.4, 0.5) is 0 Å². The molecule has 3 aromatic carbocycles. The third kappa shape index (κ3) is 5.96. The van der Waals surface area contributed by atoms with Crippen molar-refractivity contribution in [1.82, 2.24) is 5.01 Å². The minimum Gasteiger partial charge on any atom is -0.497 e. The number of aliphatic imine (C=N–C) groups is 1. The second-order valence-corrected chi connectivity index (χ2v) is 9.26. The standard InChI is InChI=1S/C29H26N4O5S/c1-3-36-25-18-19(9-14-24(25)38-16-15-37-22-12-10-21(35-2)11-13-22)17-23-26(30)33-29(31-27(23)34)39-28(32-33)20-7-5-4-6-8-20/h4-14,17-18,30H,3,15-16H2,1-2H3/b23-17-,30-26?. The zero-order chi connectivity index (χ0) is 27.2. The SMILES string of the molecule is CCOc1cc(/C=C2/C(=N)N3N=C(c4ccccc4)SC3=NC2=O)ccc1OCCOc1ccc(OC)cc1. The van der Waals surface area contributed by atoms with Gasteiger partial charge in [0.2, 0.25) is 5.17 Å². The summed E-state index contributed by atoms with van der Waals surface area (Å²) >= 11 is 1.27. The van der Waals surface area contributed by atoms with Crippen molar-refractivity contribution in [3.05, 3.63) is 89.5 Å². The predicted octanol–water partition coefficient (Wildman–Crippen LogP) is 5.22. The van der Waals surface area contributed by atoms with E-state index in [4.69, 9.17) is 24.4 Å². The maximum Gasteiger partial charge on any atom is 0.283 e. The maximum atomic E-state index is 12.8. The molecular weight excluding hydrogens is 516 g/mol. The van der Waals surface area contributed by atoms with Gasteiger partial charge in [0.1, 0.15) is 29.8 Å². The highest BCUT2D eigenvalue weighted by Crippen LogP contribution is 2.33. The molecule has 1 amide bonds. The topological polar surface area (TPSA) is 106 Å². The number of fused-ring (bicyclic) bond motifs is 1. The Labute approximate surface area is 230 Å². The molecule has 2 aliphatic heterocycles. The van der Waals surface area contributed by atoms with Gasteiger partial charge >= 0.3 is 0 Å². The van der Waals surface area contributed by atoms with Crippen molar-refractivity contribution >= 4 is 39.8 Å². The fourth-order valence-corrected chi connectivity index (χ4v) is 4.74. The number of benzene rings is 3. The van der Waals surface area contributed by atoms with Gasteiger partial charge in [-0.25, -0.2) is 0 Å². The van der Waals surface area contributed by atoms with Crippen LogP contribution in [-0.4, -0.2) is 53.9 Å². The van der Waals surface area contributed by atoms with Crippen molar-refractivity contribution in [3.63, 3.8) is 0 Å². The summed E-state index contributed by atoms with van der Waals surface area (Å²) in [5.74, 6) is 2.03. The van der Waals surface area contributed by atoms with Crippen molar-refractivity contribution in [2.24, 2.45) is 10.1 Å². The number of nitrogens with one attached hydrogen (secondary N) is 1. The van der Waals surface area contributed by atoms with Gasteiger partial charge in [-0.3, -0.25) is 10.2 Å². The van der Waals surface area contributed by atoms with Crippen LogP contribution in [0.5, 0.6) is 23.0 Å². The van der Waals surface area contributed by atoms with Crippen LogP contribution in [0.3, 0.4) is 0 Å². The van der Waals surface area contributed by atoms with Crippen LogP contribution in [0.2, 0.25) is 0 Å². The van der Waals surface area contributed by atoms with Gasteiger partial charge < -0.3 is 18.9 Å². The number of hydrazone groups is 1. The van der Waals surface area contributed by atoms with Gasteiger partial charge in [-0.15, -0.1) is 0 Å². The summed E-state index contributed by atoms with van der Waals surface area (Å²) in [6, 6.07) is 22.3. The van der Waals surface area contributed by atoms with E-state index in [9.17, 15) is 4.79 Å². The Kier molecular flexibility index (Phi) is 7.93. The first kappa shape index (κ1) is 26.1. The molecule has 0 unspecified atom stereocenters. The summed E-state index contributed by atoms with van der Waals surface area (Å²) < 4.78 is 22.6. The van der Waals surface area contributed by atoms with Crippen LogP contribution in [-0.2, 0) is 4.79 Å². The molecule has 0 aliphatic carbocycles. The fourth-order valence-electron chi connectivity index (χ4n) is 3.84. The molecule has 5 rings (SSSR count). The van der Waals surface area contributed by atoms with Crippen molar-refractivity contribution in [2.45, 2.75) is 6.92 Å². The van der Waals surface area contributed by atoms with Crippen LogP contribution in [0.1, 0.15) is 18.1 Å². The molecule has 9 nitrogen and oxygen atoms in total. The summed E-state index contributed by atoms with van der Waals surface area (Å²) in [5, 5.41) is 15.6. The predicted molar refractivity (Wildman–Crippen MR) is 152 cm³/mol. The molecule has 0 bridgehead atoms. The number of amides is 1. The Morgan fingerprint density at radius 3 is 2.41 bits per heavy atom. The highest BCUT2D eigenvalue weighted by Gasteiger charge is 2.36. The second-order valence-electron chi connectivity index (χ2n) is 8.30. The smallest absolute Gasteiger partial charge is 0.283 e. The second kappa shape index (κ2) is 11.9. The number of ether oxygens (including phenoxy) is 4. The number of rotatable bonds is 10. The van der Waals surface area contributed by atoms with E-state index in [0.717, 1.165) is 11.3 Å². The monoisotopic (exact) mass is 542 g/mol. The van der Waals surface area contributed by atoms with E-state index in [1.165, 1.54) is 16.8 Å². The zero-order valence-corrected chi connectivity index (χ0v) is 22.2. The first-order valence-electron chi connectivity index (χ1n) is 12.3. The van der Waals surface area contributed by atoms with Gasteiger partial charge in [-0.05, 0) is 66.7 Å². The maximum absolute atomic E-state index is 12.8. The molecule has 0 aromatic heterocycles. The third-order valence-electron chi connectivity index (χ3n) is 5.72. The fraction of sp³-hybridized carbons (Fsp3) is 0.172. The minimum atomic E-state index is -0.489. The van der Waals surface area contributed by atoms with Crippen LogP contribution in [0, 0.1) is 5.41 Å². The number of amidine groups is 2. The molecule has 1 N–H and O–H groups in total.